The molecule has 0 radical (unpaired) electrons. The summed E-state index contributed by atoms with van der Waals surface area (Å²) in [5.41, 5.74) is 0. The number of esters is 3. The topological polar surface area (TPSA) is 78.9 Å². The first kappa shape index (κ1) is 59.4. The minimum Gasteiger partial charge on any atom is -0.462 e. The summed E-state index contributed by atoms with van der Waals surface area (Å²) in [6.45, 7) is 9.05. The van der Waals surface area contributed by atoms with E-state index in [1.165, 1.54) is 205 Å². The molecule has 0 bridgehead atoms. The van der Waals surface area contributed by atoms with Crippen LogP contribution in [0.4, 0.5) is 0 Å². The second kappa shape index (κ2) is 49.4. The quantitative estimate of drug-likeness (QED) is 0.0344. The van der Waals surface area contributed by atoms with Crippen LogP contribution >= 0.6 is 0 Å². The van der Waals surface area contributed by atoms with Gasteiger partial charge in [-0.2, -0.15) is 0 Å². The standard InChI is InChI=1S/C55H106O6/c1-5-7-9-11-13-15-17-18-23-27-31-35-39-43-47-54(57)60-50-52(49-59-53(56)46-42-38-34-30-25-16-14-12-10-8-6-2)61-55(58)48-44-40-36-32-28-24-21-19-20-22-26-29-33-37-41-45-51(3)4/h51-52H,5-50H2,1-4H3/t52-/m0/s1. The summed E-state index contributed by atoms with van der Waals surface area (Å²) < 4.78 is 16.8. The van der Waals surface area contributed by atoms with Crippen molar-refractivity contribution in [2.45, 2.75) is 316 Å². The first-order chi connectivity index (χ1) is 29.9. The molecule has 61 heavy (non-hydrogen) atoms. The highest BCUT2D eigenvalue weighted by Gasteiger charge is 2.19. The Morgan fingerprint density at radius 3 is 0.803 bits per heavy atom. The summed E-state index contributed by atoms with van der Waals surface area (Å²) in [7, 11) is 0. The minimum atomic E-state index is -0.760. The van der Waals surface area contributed by atoms with Gasteiger partial charge in [0.1, 0.15) is 13.2 Å². The van der Waals surface area contributed by atoms with Crippen LogP contribution in [-0.4, -0.2) is 37.2 Å². The van der Waals surface area contributed by atoms with Crippen LogP contribution in [0.1, 0.15) is 310 Å². The largest absolute Gasteiger partial charge is 0.462 e. The van der Waals surface area contributed by atoms with Gasteiger partial charge in [-0.25, -0.2) is 0 Å². The van der Waals surface area contributed by atoms with E-state index < -0.39 is 6.10 Å². The van der Waals surface area contributed by atoms with Gasteiger partial charge in [0.2, 0.25) is 0 Å². The van der Waals surface area contributed by atoms with Crippen molar-refractivity contribution in [3.63, 3.8) is 0 Å². The fourth-order valence-electron chi connectivity index (χ4n) is 8.39. The molecule has 0 amide bonds. The van der Waals surface area contributed by atoms with Gasteiger partial charge in [0, 0.05) is 19.3 Å². The Bertz CT molecular complexity index is 918. The van der Waals surface area contributed by atoms with E-state index in [1.807, 2.05) is 0 Å². The maximum absolute atomic E-state index is 12.8. The summed E-state index contributed by atoms with van der Waals surface area (Å²) in [6.07, 6.45) is 52.3. The van der Waals surface area contributed by atoms with Gasteiger partial charge in [-0.1, -0.05) is 272 Å². The number of carbonyl (C=O) groups is 3. The third-order valence-electron chi connectivity index (χ3n) is 12.5. The second-order valence-electron chi connectivity index (χ2n) is 19.3. The molecule has 0 rings (SSSR count). The van der Waals surface area contributed by atoms with Crippen molar-refractivity contribution in [3.05, 3.63) is 0 Å². The second-order valence-corrected chi connectivity index (χ2v) is 19.3. The monoisotopic (exact) mass is 863 g/mol. The molecule has 0 aromatic heterocycles. The number of ether oxygens (including phenoxy) is 3. The van der Waals surface area contributed by atoms with Crippen molar-refractivity contribution in [2.75, 3.05) is 13.2 Å². The van der Waals surface area contributed by atoms with Gasteiger partial charge in [-0.15, -0.1) is 0 Å². The van der Waals surface area contributed by atoms with Crippen LogP contribution in [0, 0.1) is 5.92 Å². The average molecular weight is 863 g/mol. The highest BCUT2D eigenvalue weighted by molar-refractivity contribution is 5.71. The number of rotatable bonds is 50. The van der Waals surface area contributed by atoms with Crippen LogP contribution in [0.25, 0.3) is 0 Å². The molecule has 6 nitrogen and oxygen atoms in total. The zero-order valence-corrected chi connectivity index (χ0v) is 41.6. The molecule has 6 heteroatoms. The Morgan fingerprint density at radius 1 is 0.311 bits per heavy atom. The lowest BCUT2D eigenvalue weighted by Crippen LogP contribution is -2.30. The molecule has 0 aliphatic carbocycles. The predicted molar refractivity (Wildman–Crippen MR) is 261 cm³/mol. The number of hydrogen-bond donors (Lipinski definition) is 0. The third kappa shape index (κ3) is 49.3. The number of hydrogen-bond acceptors (Lipinski definition) is 6. The molecule has 0 unspecified atom stereocenters. The highest BCUT2D eigenvalue weighted by Crippen LogP contribution is 2.17. The molecule has 0 aromatic rings. The minimum absolute atomic E-state index is 0.0622. The molecule has 0 aliphatic heterocycles. The summed E-state index contributed by atoms with van der Waals surface area (Å²) in [5.74, 6) is 0.00802. The molecule has 1 atom stereocenters. The Balaban J connectivity index is 4.27. The van der Waals surface area contributed by atoms with Crippen molar-refractivity contribution < 1.29 is 28.6 Å². The van der Waals surface area contributed by atoms with Crippen LogP contribution in [0.5, 0.6) is 0 Å². The van der Waals surface area contributed by atoms with Crippen molar-refractivity contribution in [3.8, 4) is 0 Å². The van der Waals surface area contributed by atoms with E-state index in [1.54, 1.807) is 0 Å². The van der Waals surface area contributed by atoms with Crippen LogP contribution in [0.15, 0.2) is 0 Å². The highest BCUT2D eigenvalue weighted by atomic mass is 16.6. The molecule has 0 fully saturated rings. The molecule has 0 aromatic carbocycles. The van der Waals surface area contributed by atoms with Gasteiger partial charge in [0.05, 0.1) is 0 Å². The normalized spacial score (nSPS) is 12.0. The maximum atomic E-state index is 12.8. The van der Waals surface area contributed by atoms with Gasteiger partial charge in [-0.3, -0.25) is 14.4 Å². The van der Waals surface area contributed by atoms with Gasteiger partial charge in [0.25, 0.3) is 0 Å². The lowest BCUT2D eigenvalue weighted by Gasteiger charge is -2.18. The molecule has 0 saturated carbocycles. The van der Waals surface area contributed by atoms with E-state index in [0.29, 0.717) is 19.3 Å². The molecular weight excluding hydrogens is 757 g/mol. The Labute approximate surface area is 380 Å². The van der Waals surface area contributed by atoms with Gasteiger partial charge in [-0.05, 0) is 25.2 Å². The first-order valence-electron chi connectivity index (χ1n) is 27.4. The first-order valence-corrected chi connectivity index (χ1v) is 27.4. The van der Waals surface area contributed by atoms with E-state index >= 15 is 0 Å². The van der Waals surface area contributed by atoms with Crippen LogP contribution < -0.4 is 0 Å². The maximum Gasteiger partial charge on any atom is 0.306 e. The number of carbonyl (C=O) groups excluding carboxylic acids is 3. The summed E-state index contributed by atoms with van der Waals surface area (Å²) >= 11 is 0. The van der Waals surface area contributed by atoms with Crippen LogP contribution in [-0.2, 0) is 28.6 Å². The number of unbranched alkanes of at least 4 members (excludes halogenated alkanes) is 37. The molecule has 0 aliphatic rings. The lowest BCUT2D eigenvalue weighted by atomic mass is 10.0. The average Bonchev–Trinajstić information content (AvgIpc) is 3.24. The smallest absolute Gasteiger partial charge is 0.306 e. The SMILES string of the molecule is CCCCCCCCCCCCCCCCC(=O)OC[C@H](COC(=O)CCCCCCCCCCCCC)OC(=O)CCCCCCCCCCCCCCCCCC(C)C. The molecule has 0 spiro atoms. The fourth-order valence-corrected chi connectivity index (χ4v) is 8.39. The molecule has 0 N–H and O–H groups in total. The molecule has 362 valence electrons. The summed E-state index contributed by atoms with van der Waals surface area (Å²) in [4.78, 5) is 38.0. The van der Waals surface area contributed by atoms with Crippen LogP contribution in [0.2, 0.25) is 0 Å². The molecular formula is C55H106O6. The van der Waals surface area contributed by atoms with Crippen molar-refractivity contribution in [1.82, 2.24) is 0 Å². The zero-order valence-electron chi connectivity index (χ0n) is 41.6. The van der Waals surface area contributed by atoms with E-state index in [2.05, 4.69) is 27.7 Å². The van der Waals surface area contributed by atoms with E-state index in [0.717, 1.165) is 63.7 Å². The summed E-state index contributed by atoms with van der Waals surface area (Å²) in [6, 6.07) is 0. The summed E-state index contributed by atoms with van der Waals surface area (Å²) in [5, 5.41) is 0. The van der Waals surface area contributed by atoms with E-state index in [-0.39, 0.29) is 31.1 Å². The fraction of sp³-hybridized carbons (Fsp3) is 0.945. The van der Waals surface area contributed by atoms with Gasteiger partial charge in [0.15, 0.2) is 6.10 Å². The van der Waals surface area contributed by atoms with Gasteiger partial charge >= 0.3 is 17.9 Å². The van der Waals surface area contributed by atoms with Crippen molar-refractivity contribution in [1.29, 1.82) is 0 Å². The van der Waals surface area contributed by atoms with Crippen molar-refractivity contribution >= 4 is 17.9 Å². The Hall–Kier alpha value is -1.59. The third-order valence-corrected chi connectivity index (χ3v) is 12.5. The predicted octanol–water partition coefficient (Wildman–Crippen LogP) is 17.8. The van der Waals surface area contributed by atoms with E-state index in [4.69, 9.17) is 14.2 Å². The molecule has 0 saturated heterocycles. The Kier molecular flexibility index (Phi) is 48.1. The van der Waals surface area contributed by atoms with Crippen LogP contribution in [0.3, 0.4) is 0 Å². The zero-order chi connectivity index (χ0) is 44.5. The van der Waals surface area contributed by atoms with E-state index in [9.17, 15) is 14.4 Å². The molecule has 0 heterocycles. The van der Waals surface area contributed by atoms with Gasteiger partial charge < -0.3 is 14.2 Å². The van der Waals surface area contributed by atoms with Crippen molar-refractivity contribution in [2.24, 2.45) is 5.92 Å². The lowest BCUT2D eigenvalue weighted by molar-refractivity contribution is -0.167. The Morgan fingerprint density at radius 2 is 0.541 bits per heavy atom.